The Morgan fingerprint density at radius 1 is 1.21 bits per heavy atom. The number of nitrogens with zero attached hydrogens (tertiary/aromatic N) is 3. The number of benzene rings is 1. The number of aliphatic hydroxyl groups excluding tert-OH is 1. The van der Waals surface area contributed by atoms with E-state index in [9.17, 15) is 9.90 Å². The summed E-state index contributed by atoms with van der Waals surface area (Å²) in [4.78, 5) is 21.0. The molecule has 1 atom stereocenters. The van der Waals surface area contributed by atoms with Crippen molar-refractivity contribution in [2.24, 2.45) is 10.4 Å². The van der Waals surface area contributed by atoms with E-state index in [1.165, 1.54) is 5.69 Å². The van der Waals surface area contributed by atoms with E-state index in [2.05, 4.69) is 32.7 Å². The van der Waals surface area contributed by atoms with Crippen molar-refractivity contribution >= 4 is 17.6 Å². The summed E-state index contributed by atoms with van der Waals surface area (Å²) in [6.45, 7) is 5.51. The number of aliphatic imine (C=N–C) groups is 1. The molecular weight excluding hydrogens is 370 g/mol. The highest BCUT2D eigenvalue weighted by Crippen LogP contribution is 2.31. The second kappa shape index (κ2) is 10.5. The number of nitrogens with one attached hydrogen (secondary N) is 2. The molecule has 8 heteroatoms. The minimum atomic E-state index is -0.0653. The van der Waals surface area contributed by atoms with Crippen LogP contribution in [0.1, 0.15) is 12.8 Å². The minimum absolute atomic E-state index is 0.0653. The van der Waals surface area contributed by atoms with E-state index < -0.39 is 0 Å². The molecule has 1 aromatic rings. The monoisotopic (exact) mass is 403 g/mol. The number of aliphatic hydroxyl groups is 1. The summed E-state index contributed by atoms with van der Waals surface area (Å²) in [6, 6.07) is 10.3. The van der Waals surface area contributed by atoms with E-state index in [0.717, 1.165) is 39.2 Å². The van der Waals surface area contributed by atoms with E-state index in [0.29, 0.717) is 25.5 Å². The number of rotatable bonds is 7. The van der Waals surface area contributed by atoms with Crippen LogP contribution in [0, 0.1) is 5.41 Å². The van der Waals surface area contributed by atoms with Gasteiger partial charge in [-0.3, -0.25) is 9.79 Å². The molecule has 0 spiro atoms. The summed E-state index contributed by atoms with van der Waals surface area (Å²) in [5, 5.41) is 15.8. The van der Waals surface area contributed by atoms with Crippen LogP contribution in [0.2, 0.25) is 0 Å². The van der Waals surface area contributed by atoms with Gasteiger partial charge in [0.2, 0.25) is 5.91 Å². The maximum Gasteiger partial charge on any atom is 0.242 e. The number of piperazine rings is 1. The first-order valence-electron chi connectivity index (χ1n) is 10.4. The lowest BCUT2D eigenvalue weighted by Gasteiger charge is -2.36. The van der Waals surface area contributed by atoms with Crippen molar-refractivity contribution in [1.29, 1.82) is 0 Å². The number of anilines is 1. The molecule has 2 aliphatic heterocycles. The zero-order valence-electron chi connectivity index (χ0n) is 17.3. The average Bonchev–Trinajstić information content (AvgIpc) is 3.23. The first-order valence-corrected chi connectivity index (χ1v) is 10.4. The number of ether oxygens (including phenoxy) is 1. The Morgan fingerprint density at radius 3 is 2.59 bits per heavy atom. The fourth-order valence-corrected chi connectivity index (χ4v) is 3.93. The molecule has 29 heavy (non-hydrogen) atoms. The molecule has 0 aromatic heterocycles. The predicted molar refractivity (Wildman–Crippen MR) is 114 cm³/mol. The maximum absolute atomic E-state index is 12.6. The zero-order valence-corrected chi connectivity index (χ0v) is 17.3. The van der Waals surface area contributed by atoms with Crippen molar-refractivity contribution in [3.8, 4) is 0 Å². The van der Waals surface area contributed by atoms with Crippen LogP contribution in [-0.2, 0) is 9.53 Å². The van der Waals surface area contributed by atoms with Crippen LogP contribution in [0.4, 0.5) is 5.69 Å². The molecule has 1 aromatic carbocycles. The van der Waals surface area contributed by atoms with Crippen molar-refractivity contribution in [1.82, 2.24) is 15.5 Å². The topological polar surface area (TPSA) is 89.4 Å². The third-order valence-corrected chi connectivity index (χ3v) is 5.84. The Labute approximate surface area is 172 Å². The van der Waals surface area contributed by atoms with Crippen LogP contribution >= 0.6 is 0 Å². The molecule has 8 nitrogen and oxygen atoms in total. The van der Waals surface area contributed by atoms with Crippen LogP contribution in [0.3, 0.4) is 0 Å². The van der Waals surface area contributed by atoms with Crippen LogP contribution in [-0.4, -0.2) is 88.0 Å². The maximum atomic E-state index is 12.6. The molecule has 3 N–H and O–H groups in total. The van der Waals surface area contributed by atoms with E-state index in [4.69, 9.17) is 4.74 Å². The molecule has 2 heterocycles. The van der Waals surface area contributed by atoms with Crippen molar-refractivity contribution < 1.29 is 14.6 Å². The number of amides is 1. The van der Waals surface area contributed by atoms with Crippen molar-refractivity contribution in [3.63, 3.8) is 0 Å². The minimum Gasteiger partial charge on any atom is -0.396 e. The second-order valence-corrected chi connectivity index (χ2v) is 7.76. The van der Waals surface area contributed by atoms with Gasteiger partial charge in [0.25, 0.3) is 0 Å². The first-order chi connectivity index (χ1) is 14.2. The number of carbonyl (C=O) groups excluding carboxylic acids is 1. The second-order valence-electron chi connectivity index (χ2n) is 7.76. The van der Waals surface area contributed by atoms with Gasteiger partial charge >= 0.3 is 0 Å². The van der Waals surface area contributed by atoms with Crippen LogP contribution in [0.5, 0.6) is 0 Å². The quantitative estimate of drug-likeness (QED) is 0.448. The van der Waals surface area contributed by atoms with Gasteiger partial charge in [-0.15, -0.1) is 0 Å². The summed E-state index contributed by atoms with van der Waals surface area (Å²) in [6.07, 6.45) is 1.61. The van der Waals surface area contributed by atoms with Crippen LogP contribution in [0.15, 0.2) is 35.3 Å². The van der Waals surface area contributed by atoms with Gasteiger partial charge in [0.1, 0.15) is 0 Å². The van der Waals surface area contributed by atoms with Gasteiger partial charge in [0.05, 0.1) is 13.2 Å². The van der Waals surface area contributed by atoms with E-state index >= 15 is 0 Å². The smallest absolute Gasteiger partial charge is 0.242 e. The predicted octanol–water partition coefficient (Wildman–Crippen LogP) is 0.289. The first kappa shape index (κ1) is 21.4. The normalized spacial score (nSPS) is 22.6. The fourth-order valence-electron chi connectivity index (χ4n) is 3.93. The highest BCUT2D eigenvalue weighted by Gasteiger charge is 2.34. The Kier molecular flexibility index (Phi) is 7.71. The van der Waals surface area contributed by atoms with Crippen molar-refractivity contribution in [2.75, 3.05) is 71.0 Å². The number of guanidine groups is 1. The lowest BCUT2D eigenvalue weighted by Crippen LogP contribution is -2.52. The molecule has 1 amide bonds. The molecule has 0 bridgehead atoms. The lowest BCUT2D eigenvalue weighted by atomic mass is 9.84. The molecule has 160 valence electrons. The third kappa shape index (κ3) is 5.83. The SMILES string of the molecule is CN=C(NCC(=O)N1CCN(c2ccccc2)CC1)NCC1(CCO)CCOC1. The fraction of sp³-hybridized carbons (Fsp3) is 0.619. The summed E-state index contributed by atoms with van der Waals surface area (Å²) in [5.74, 6) is 0.681. The molecular formula is C21H33N5O3. The van der Waals surface area contributed by atoms with Crippen molar-refractivity contribution in [3.05, 3.63) is 30.3 Å². The van der Waals surface area contributed by atoms with Gasteiger partial charge in [-0.1, -0.05) is 18.2 Å². The number of hydrogen-bond donors (Lipinski definition) is 3. The highest BCUT2D eigenvalue weighted by atomic mass is 16.5. The highest BCUT2D eigenvalue weighted by molar-refractivity contribution is 5.86. The van der Waals surface area contributed by atoms with Crippen LogP contribution < -0.4 is 15.5 Å². The molecule has 0 aliphatic carbocycles. The van der Waals surface area contributed by atoms with Gasteiger partial charge in [0, 0.05) is 64.1 Å². The summed E-state index contributed by atoms with van der Waals surface area (Å²) < 4.78 is 5.52. The number of carbonyl (C=O) groups is 1. The van der Waals surface area contributed by atoms with Gasteiger partial charge in [-0.2, -0.15) is 0 Å². The van der Waals surface area contributed by atoms with Gasteiger partial charge in [-0.05, 0) is 25.0 Å². The van der Waals surface area contributed by atoms with Crippen molar-refractivity contribution in [2.45, 2.75) is 12.8 Å². The Bertz CT molecular complexity index is 668. The molecule has 0 saturated carbocycles. The van der Waals surface area contributed by atoms with Gasteiger partial charge in [-0.25, -0.2) is 0 Å². The Hall–Kier alpha value is -2.32. The molecule has 2 aliphatic rings. The number of hydrogen-bond acceptors (Lipinski definition) is 5. The third-order valence-electron chi connectivity index (χ3n) is 5.84. The standard InChI is InChI=1S/C21H33N5O3/c1-22-20(24-16-21(7-13-27)8-14-29-17-21)23-15-19(28)26-11-9-25(10-12-26)18-5-3-2-4-6-18/h2-6,27H,7-17H2,1H3,(H2,22,23,24). The summed E-state index contributed by atoms with van der Waals surface area (Å²) in [5.41, 5.74) is 1.14. The number of para-hydroxylation sites is 1. The Balaban J connectivity index is 1.41. The van der Waals surface area contributed by atoms with Gasteiger partial charge < -0.3 is 30.3 Å². The molecule has 1 unspecified atom stereocenters. The summed E-state index contributed by atoms with van der Waals surface area (Å²) >= 11 is 0. The van der Waals surface area contributed by atoms with E-state index in [1.807, 2.05) is 23.1 Å². The lowest BCUT2D eigenvalue weighted by molar-refractivity contribution is -0.130. The molecule has 3 rings (SSSR count). The average molecular weight is 404 g/mol. The molecule has 0 radical (unpaired) electrons. The zero-order chi connectivity index (χ0) is 20.5. The molecule has 2 fully saturated rings. The summed E-state index contributed by atoms with van der Waals surface area (Å²) in [7, 11) is 1.70. The van der Waals surface area contributed by atoms with E-state index in [1.54, 1.807) is 7.05 Å². The van der Waals surface area contributed by atoms with E-state index in [-0.39, 0.29) is 24.5 Å². The largest absolute Gasteiger partial charge is 0.396 e. The van der Waals surface area contributed by atoms with Crippen LogP contribution in [0.25, 0.3) is 0 Å². The van der Waals surface area contributed by atoms with Gasteiger partial charge in [0.15, 0.2) is 5.96 Å². The Morgan fingerprint density at radius 2 is 1.97 bits per heavy atom. The molecule has 2 saturated heterocycles.